The highest BCUT2D eigenvalue weighted by Gasteiger charge is 2.30. The van der Waals surface area contributed by atoms with Crippen LogP contribution in [0, 0.1) is 0 Å². The number of hydrogen-bond acceptors (Lipinski definition) is 15. The number of unbranched alkanes of at least 4 members (excludes halogenated alkanes) is 31. The van der Waals surface area contributed by atoms with Gasteiger partial charge < -0.3 is 33.8 Å². The summed E-state index contributed by atoms with van der Waals surface area (Å²) in [5.74, 6) is -2.30. The number of rotatable bonds is 79. The van der Waals surface area contributed by atoms with Gasteiger partial charge in [0.15, 0.2) is 12.2 Å². The predicted molar refractivity (Wildman–Crippen MR) is 445 cm³/mol. The highest BCUT2D eigenvalue weighted by atomic mass is 31.2. The first-order chi connectivity index (χ1) is 52.7. The van der Waals surface area contributed by atoms with Gasteiger partial charge in [0.25, 0.3) is 0 Å². The first-order valence-corrected chi connectivity index (χ1v) is 45.4. The van der Waals surface area contributed by atoms with Crippen molar-refractivity contribution in [3.05, 3.63) is 134 Å². The number of phosphoric acid groups is 2. The summed E-state index contributed by atoms with van der Waals surface area (Å²) >= 11 is 0. The molecule has 5 atom stereocenters. The van der Waals surface area contributed by atoms with Gasteiger partial charge in [0.05, 0.1) is 26.4 Å². The van der Waals surface area contributed by atoms with Crippen LogP contribution in [0.4, 0.5) is 0 Å². The lowest BCUT2D eigenvalue weighted by Gasteiger charge is -2.21. The minimum Gasteiger partial charge on any atom is -0.462 e. The van der Waals surface area contributed by atoms with Gasteiger partial charge in [-0.25, -0.2) is 9.13 Å². The van der Waals surface area contributed by atoms with Gasteiger partial charge in [0.1, 0.15) is 19.3 Å². The normalized spacial score (nSPS) is 14.5. The third-order valence-electron chi connectivity index (χ3n) is 17.6. The van der Waals surface area contributed by atoms with Gasteiger partial charge in [-0.05, 0) is 135 Å². The van der Waals surface area contributed by atoms with E-state index in [0.29, 0.717) is 32.1 Å². The molecule has 0 fully saturated rings. The number of hydrogen-bond donors (Lipinski definition) is 3. The molecule has 0 aliphatic rings. The van der Waals surface area contributed by atoms with Crippen LogP contribution in [0.1, 0.15) is 349 Å². The van der Waals surface area contributed by atoms with Crippen LogP contribution in [0.25, 0.3) is 0 Å². The zero-order valence-corrected chi connectivity index (χ0v) is 69.8. The van der Waals surface area contributed by atoms with E-state index in [9.17, 15) is 43.2 Å². The van der Waals surface area contributed by atoms with E-state index in [1.165, 1.54) is 116 Å². The zero-order valence-electron chi connectivity index (χ0n) is 68.0. The predicted octanol–water partition coefficient (Wildman–Crippen LogP) is 25.2. The molecule has 0 saturated carbocycles. The average Bonchev–Trinajstić information content (AvgIpc) is 0.914. The van der Waals surface area contributed by atoms with E-state index in [-0.39, 0.29) is 25.7 Å². The van der Waals surface area contributed by atoms with E-state index in [0.717, 1.165) is 148 Å². The summed E-state index contributed by atoms with van der Waals surface area (Å²) < 4.78 is 68.7. The second-order valence-electron chi connectivity index (χ2n) is 28.0. The molecule has 0 bridgehead atoms. The van der Waals surface area contributed by atoms with Crippen LogP contribution < -0.4 is 0 Å². The lowest BCUT2D eigenvalue weighted by molar-refractivity contribution is -0.161. The van der Waals surface area contributed by atoms with Crippen LogP contribution in [-0.2, 0) is 65.4 Å². The van der Waals surface area contributed by atoms with Gasteiger partial charge in [-0.15, -0.1) is 0 Å². The van der Waals surface area contributed by atoms with Gasteiger partial charge in [0.2, 0.25) is 0 Å². The van der Waals surface area contributed by atoms with E-state index in [2.05, 4.69) is 143 Å². The summed E-state index contributed by atoms with van der Waals surface area (Å²) in [6, 6.07) is 0. The summed E-state index contributed by atoms with van der Waals surface area (Å²) in [6.45, 7) is 4.64. The van der Waals surface area contributed by atoms with Crippen molar-refractivity contribution in [3.8, 4) is 0 Å². The van der Waals surface area contributed by atoms with E-state index in [1.54, 1.807) is 0 Å². The number of esters is 4. The Kier molecular flexibility index (Phi) is 76.7. The van der Waals surface area contributed by atoms with Crippen LogP contribution in [0.15, 0.2) is 134 Å². The van der Waals surface area contributed by atoms with Crippen molar-refractivity contribution in [2.24, 2.45) is 0 Å². The highest BCUT2D eigenvalue weighted by molar-refractivity contribution is 7.47. The Labute approximate surface area is 656 Å². The van der Waals surface area contributed by atoms with Crippen molar-refractivity contribution in [2.45, 2.75) is 367 Å². The number of carbonyl (C=O) groups is 4. The number of phosphoric ester groups is 2. The van der Waals surface area contributed by atoms with Crippen molar-refractivity contribution in [2.75, 3.05) is 39.6 Å². The summed E-state index contributed by atoms with van der Waals surface area (Å²) in [5, 5.41) is 10.7. The van der Waals surface area contributed by atoms with Crippen LogP contribution in [0.2, 0.25) is 0 Å². The van der Waals surface area contributed by atoms with Crippen LogP contribution >= 0.6 is 15.6 Å². The molecule has 0 aromatic rings. The van der Waals surface area contributed by atoms with Crippen LogP contribution in [0.5, 0.6) is 0 Å². The molecule has 0 radical (unpaired) electrons. The van der Waals surface area contributed by atoms with Gasteiger partial charge in [0, 0.05) is 25.7 Å². The number of aliphatic hydroxyl groups excluding tert-OH is 1. The molecule has 3 N–H and O–H groups in total. The molecular formula is C89H152O17P2. The van der Waals surface area contributed by atoms with Crippen LogP contribution in [0.3, 0.4) is 0 Å². The quantitative estimate of drug-likeness (QED) is 0.0169. The second-order valence-corrected chi connectivity index (χ2v) is 30.9. The van der Waals surface area contributed by atoms with Crippen molar-refractivity contribution in [1.82, 2.24) is 0 Å². The molecule has 0 aliphatic carbocycles. The summed E-state index contributed by atoms with van der Waals surface area (Å²) in [7, 11) is -10.0. The maximum absolute atomic E-state index is 13.1. The Morgan fingerprint density at radius 1 is 0.269 bits per heavy atom. The number of allylic oxidation sites excluding steroid dienone is 22. The maximum atomic E-state index is 13.1. The molecule has 0 aromatic carbocycles. The second kappa shape index (κ2) is 80.3. The van der Waals surface area contributed by atoms with Crippen molar-refractivity contribution in [1.29, 1.82) is 0 Å². The number of ether oxygens (including phenoxy) is 4. The lowest BCUT2D eigenvalue weighted by atomic mass is 10.0. The topological polar surface area (TPSA) is 237 Å². The molecule has 0 aliphatic heterocycles. The Morgan fingerprint density at radius 3 is 0.843 bits per heavy atom. The SMILES string of the molecule is CC/C=C\C/C=C\C/C=C\C/C=C\C/C=C\CCCCCC(=O)OC[C@H](COP(=O)(O)OC[C@@H](O)COP(=O)(O)OC[C@@H](COC(=O)CCCCCCCCCCCCCCCCC)OC(=O)CC/C=C\C/C=C\C/C=C\C/C=C\C/C=C\CCCCC)OC(=O)CCCCCCCCC/C=C\CCCCCC. The minimum absolute atomic E-state index is 0.0293. The third kappa shape index (κ3) is 79.3. The smallest absolute Gasteiger partial charge is 0.462 e. The molecule has 0 saturated heterocycles. The summed E-state index contributed by atoms with van der Waals surface area (Å²) in [4.78, 5) is 73.2. The fraction of sp³-hybridized carbons (Fsp3) is 0.708. The Balaban J connectivity index is 5.46. The summed E-state index contributed by atoms with van der Waals surface area (Å²) in [6.07, 6.45) is 91.4. The van der Waals surface area contributed by atoms with E-state index in [1.807, 2.05) is 18.2 Å². The fourth-order valence-corrected chi connectivity index (χ4v) is 12.7. The minimum atomic E-state index is -5.00. The molecule has 0 rings (SSSR count). The third-order valence-corrected chi connectivity index (χ3v) is 19.5. The molecule has 0 spiro atoms. The zero-order chi connectivity index (χ0) is 78.9. The summed E-state index contributed by atoms with van der Waals surface area (Å²) in [5.41, 5.74) is 0. The first kappa shape index (κ1) is 103. The maximum Gasteiger partial charge on any atom is 0.472 e. The van der Waals surface area contributed by atoms with Crippen molar-refractivity contribution >= 4 is 39.5 Å². The monoisotopic (exact) mass is 1560 g/mol. The molecule has 108 heavy (non-hydrogen) atoms. The first-order valence-electron chi connectivity index (χ1n) is 42.4. The Bertz CT molecular complexity index is 2560. The van der Waals surface area contributed by atoms with Crippen molar-refractivity contribution < 1.29 is 80.2 Å². The molecule has 0 heterocycles. The standard InChI is InChI=1S/C89H152O17P2/c1-5-9-13-17-21-25-29-33-37-39-41-43-47-50-54-58-62-66-70-74-87(92)100-80-84(105-88(93)75-71-67-63-59-55-51-46-36-32-28-24-20-16-12-8-4)81-103-107(95,96)101-77-83(90)78-102-108(97,98)104-82-85(79-99-86(91)73-69-65-61-57-53-49-45-35-31-27-23-19-15-11-7-3)106-89(94)76-72-68-64-60-56-52-48-44-42-40-38-34-30-26-22-18-14-10-6-2/h9,13,21-22,25-26,28,32-34,37-38,41-44,50,52,54,56,64,68,83-85,90H,5-8,10-12,14-20,23-24,27,29-31,35-36,39-40,45-49,51,53,55,57-63,65-67,69-82H2,1-4H3,(H,95,96)(H,97,98)/b13-9-,25-21-,26-22-,32-28-,37-33-,38-34-,43-41-,44-42-,54-50-,56-52-,68-64-/t83-,84-,85-/m1/s1. The average molecular weight is 1560 g/mol. The van der Waals surface area contributed by atoms with Gasteiger partial charge >= 0.3 is 39.5 Å². The fourth-order valence-electron chi connectivity index (χ4n) is 11.2. The number of carbonyl (C=O) groups excluding carboxylic acids is 4. The Morgan fingerprint density at radius 2 is 0.500 bits per heavy atom. The van der Waals surface area contributed by atoms with Gasteiger partial charge in [-0.2, -0.15) is 0 Å². The molecule has 2 unspecified atom stereocenters. The molecule has 0 amide bonds. The van der Waals surface area contributed by atoms with Crippen LogP contribution in [-0.4, -0.2) is 96.7 Å². The van der Waals surface area contributed by atoms with E-state index in [4.69, 9.17) is 37.0 Å². The lowest BCUT2D eigenvalue weighted by Crippen LogP contribution is -2.30. The molecule has 620 valence electrons. The Hall–Kier alpha value is -4.80. The molecule has 0 aromatic heterocycles. The van der Waals surface area contributed by atoms with Gasteiger partial charge in [-0.3, -0.25) is 37.3 Å². The molecule has 19 heteroatoms. The molecule has 17 nitrogen and oxygen atoms in total. The van der Waals surface area contributed by atoms with E-state index < -0.39 is 97.5 Å². The largest absolute Gasteiger partial charge is 0.472 e. The van der Waals surface area contributed by atoms with E-state index >= 15 is 0 Å². The van der Waals surface area contributed by atoms with Crippen molar-refractivity contribution in [3.63, 3.8) is 0 Å². The molecular weight excluding hydrogens is 1400 g/mol. The van der Waals surface area contributed by atoms with Gasteiger partial charge in [-0.1, -0.05) is 322 Å². The number of aliphatic hydroxyl groups is 1. The highest BCUT2D eigenvalue weighted by Crippen LogP contribution is 2.45.